The molecule has 0 aliphatic rings. The van der Waals surface area contributed by atoms with Crippen molar-refractivity contribution in [2.45, 2.75) is 6.92 Å². The minimum atomic E-state index is -0.722. The Balaban J connectivity index is 2.21. The van der Waals surface area contributed by atoms with Gasteiger partial charge >= 0.3 is 0 Å². The molecule has 4 nitrogen and oxygen atoms in total. The van der Waals surface area contributed by atoms with Gasteiger partial charge in [0.15, 0.2) is 5.69 Å². The lowest BCUT2D eigenvalue weighted by atomic mass is 10.2. The molecule has 0 fully saturated rings. The minimum Gasteiger partial charge on any atom is -0.361 e. The van der Waals surface area contributed by atoms with Crippen molar-refractivity contribution in [1.82, 2.24) is 5.16 Å². The number of rotatable bonds is 2. The van der Waals surface area contributed by atoms with E-state index in [-0.39, 0.29) is 11.4 Å². The molecule has 1 N–H and O–H groups in total. The number of halogens is 2. The van der Waals surface area contributed by atoms with Crippen LogP contribution in [0.2, 0.25) is 0 Å². The summed E-state index contributed by atoms with van der Waals surface area (Å²) in [6.45, 7) is 1.62. The minimum absolute atomic E-state index is 0.00570. The molecule has 1 heterocycles. The molecule has 1 aromatic heterocycles. The molecule has 2 rings (SSSR count). The number of aryl methyl sites for hydroxylation is 1. The van der Waals surface area contributed by atoms with Crippen LogP contribution < -0.4 is 5.32 Å². The van der Waals surface area contributed by atoms with Crippen LogP contribution in [0, 0.1) is 18.6 Å². The molecule has 0 atom stereocenters. The van der Waals surface area contributed by atoms with Gasteiger partial charge in [-0.2, -0.15) is 0 Å². The number of amides is 1. The molecule has 88 valence electrons. The van der Waals surface area contributed by atoms with Crippen molar-refractivity contribution in [1.29, 1.82) is 0 Å². The lowest BCUT2D eigenvalue weighted by Gasteiger charge is -2.03. The molecule has 0 spiro atoms. The van der Waals surface area contributed by atoms with Crippen LogP contribution in [0.25, 0.3) is 0 Å². The summed E-state index contributed by atoms with van der Waals surface area (Å²) in [6.07, 6.45) is 0. The highest BCUT2D eigenvalue weighted by atomic mass is 19.1. The zero-order chi connectivity index (χ0) is 12.4. The van der Waals surface area contributed by atoms with Crippen molar-refractivity contribution >= 4 is 11.6 Å². The normalized spacial score (nSPS) is 10.3. The first-order valence-corrected chi connectivity index (χ1v) is 4.76. The third kappa shape index (κ3) is 2.47. The standard InChI is InChI=1S/C11H8F2N2O2/c1-6-4-10(15-17-6)11(16)14-9-5-7(12)2-3-8(9)13/h2-5H,1H3,(H,14,16). The van der Waals surface area contributed by atoms with Crippen LogP contribution in [0.5, 0.6) is 0 Å². The van der Waals surface area contributed by atoms with Gasteiger partial charge in [-0.15, -0.1) is 0 Å². The Bertz CT molecular complexity index is 566. The molecule has 1 amide bonds. The second-order valence-corrected chi connectivity index (χ2v) is 3.40. The largest absolute Gasteiger partial charge is 0.361 e. The molecule has 0 unspecified atom stereocenters. The summed E-state index contributed by atoms with van der Waals surface area (Å²) < 4.78 is 30.8. The third-order valence-corrected chi connectivity index (χ3v) is 2.04. The number of hydrogen-bond donors (Lipinski definition) is 1. The molecule has 0 radical (unpaired) electrons. The number of hydrogen-bond acceptors (Lipinski definition) is 3. The predicted octanol–water partition coefficient (Wildman–Crippen LogP) is 2.51. The van der Waals surface area contributed by atoms with Gasteiger partial charge in [-0.25, -0.2) is 8.78 Å². The van der Waals surface area contributed by atoms with Gasteiger partial charge in [-0.3, -0.25) is 4.79 Å². The highest BCUT2D eigenvalue weighted by molar-refractivity contribution is 6.02. The third-order valence-electron chi connectivity index (χ3n) is 2.04. The number of carbonyl (C=O) groups is 1. The van der Waals surface area contributed by atoms with Crippen molar-refractivity contribution in [2.75, 3.05) is 5.32 Å². The first-order chi connectivity index (χ1) is 8.06. The van der Waals surface area contributed by atoms with Gasteiger partial charge in [0.2, 0.25) is 0 Å². The molecule has 0 saturated carbocycles. The van der Waals surface area contributed by atoms with Crippen molar-refractivity contribution in [2.24, 2.45) is 0 Å². The molecular formula is C11H8F2N2O2. The highest BCUT2D eigenvalue weighted by Gasteiger charge is 2.13. The lowest BCUT2D eigenvalue weighted by molar-refractivity contribution is 0.101. The lowest BCUT2D eigenvalue weighted by Crippen LogP contribution is -2.13. The molecule has 0 aliphatic carbocycles. The van der Waals surface area contributed by atoms with Crippen LogP contribution in [0.4, 0.5) is 14.5 Å². The number of anilines is 1. The van der Waals surface area contributed by atoms with Gasteiger partial charge in [0.25, 0.3) is 5.91 Å². The van der Waals surface area contributed by atoms with Crippen molar-refractivity contribution in [3.05, 3.63) is 47.4 Å². The Hall–Kier alpha value is -2.24. The average molecular weight is 238 g/mol. The van der Waals surface area contributed by atoms with E-state index in [0.717, 1.165) is 18.2 Å². The van der Waals surface area contributed by atoms with Crippen LogP contribution in [0.1, 0.15) is 16.2 Å². The second kappa shape index (κ2) is 4.32. The molecule has 0 aliphatic heterocycles. The van der Waals surface area contributed by atoms with Crippen LogP contribution in [0.15, 0.2) is 28.8 Å². The summed E-state index contributed by atoms with van der Waals surface area (Å²) in [6, 6.07) is 4.18. The van der Waals surface area contributed by atoms with Crippen molar-refractivity contribution < 1.29 is 18.1 Å². The summed E-state index contributed by atoms with van der Waals surface area (Å²) in [5.74, 6) is -1.57. The van der Waals surface area contributed by atoms with E-state index in [0.29, 0.717) is 5.76 Å². The zero-order valence-corrected chi connectivity index (χ0v) is 8.83. The Morgan fingerprint density at radius 3 is 2.76 bits per heavy atom. The average Bonchev–Trinajstić information content (AvgIpc) is 2.70. The fourth-order valence-electron chi connectivity index (χ4n) is 1.25. The van der Waals surface area contributed by atoms with E-state index in [1.807, 2.05) is 0 Å². The van der Waals surface area contributed by atoms with Crippen LogP contribution in [0.3, 0.4) is 0 Å². The van der Waals surface area contributed by atoms with Crippen LogP contribution in [-0.2, 0) is 0 Å². The molecule has 17 heavy (non-hydrogen) atoms. The van der Waals surface area contributed by atoms with E-state index in [1.54, 1.807) is 6.92 Å². The van der Waals surface area contributed by atoms with Gasteiger partial charge in [0.05, 0.1) is 5.69 Å². The topological polar surface area (TPSA) is 55.1 Å². The van der Waals surface area contributed by atoms with Crippen molar-refractivity contribution in [3.63, 3.8) is 0 Å². The van der Waals surface area contributed by atoms with Crippen molar-refractivity contribution in [3.8, 4) is 0 Å². The van der Waals surface area contributed by atoms with E-state index in [4.69, 9.17) is 4.52 Å². The zero-order valence-electron chi connectivity index (χ0n) is 8.83. The van der Waals surface area contributed by atoms with E-state index < -0.39 is 17.5 Å². The fourth-order valence-corrected chi connectivity index (χ4v) is 1.25. The van der Waals surface area contributed by atoms with Gasteiger partial charge < -0.3 is 9.84 Å². The Kier molecular flexibility index (Phi) is 2.86. The van der Waals surface area contributed by atoms with E-state index in [1.165, 1.54) is 6.07 Å². The second-order valence-electron chi connectivity index (χ2n) is 3.40. The molecular weight excluding hydrogens is 230 g/mol. The maximum absolute atomic E-state index is 13.2. The van der Waals surface area contributed by atoms with E-state index in [2.05, 4.69) is 10.5 Å². The van der Waals surface area contributed by atoms with Gasteiger partial charge in [-0.1, -0.05) is 5.16 Å². The Morgan fingerprint density at radius 2 is 2.12 bits per heavy atom. The predicted molar refractivity (Wildman–Crippen MR) is 55.6 cm³/mol. The maximum Gasteiger partial charge on any atom is 0.277 e. The number of aromatic nitrogens is 1. The summed E-state index contributed by atoms with van der Waals surface area (Å²) in [5.41, 5.74) is -0.234. The van der Waals surface area contributed by atoms with Gasteiger partial charge in [-0.05, 0) is 19.1 Å². The first kappa shape index (κ1) is 11.3. The maximum atomic E-state index is 13.2. The number of carbonyl (C=O) groups excluding carboxylic acids is 1. The summed E-state index contributed by atoms with van der Waals surface area (Å²) in [5, 5.41) is 5.66. The quantitative estimate of drug-likeness (QED) is 0.874. The molecule has 0 saturated heterocycles. The molecule has 6 heteroatoms. The monoisotopic (exact) mass is 238 g/mol. The summed E-state index contributed by atoms with van der Waals surface area (Å²) in [4.78, 5) is 11.6. The number of nitrogens with one attached hydrogen (secondary N) is 1. The molecule has 2 aromatic rings. The smallest absolute Gasteiger partial charge is 0.277 e. The van der Waals surface area contributed by atoms with Crippen LogP contribution >= 0.6 is 0 Å². The summed E-state index contributed by atoms with van der Waals surface area (Å²) >= 11 is 0. The highest BCUT2D eigenvalue weighted by Crippen LogP contribution is 2.16. The van der Waals surface area contributed by atoms with E-state index >= 15 is 0 Å². The number of nitrogens with zero attached hydrogens (tertiary/aromatic N) is 1. The fraction of sp³-hybridized carbons (Fsp3) is 0.0909. The summed E-state index contributed by atoms with van der Waals surface area (Å²) in [7, 11) is 0. The van der Waals surface area contributed by atoms with Gasteiger partial charge in [0.1, 0.15) is 17.4 Å². The SMILES string of the molecule is Cc1cc(C(=O)Nc2cc(F)ccc2F)no1. The van der Waals surface area contributed by atoms with Crippen LogP contribution in [-0.4, -0.2) is 11.1 Å². The Labute approximate surface area is 95.2 Å². The molecule has 1 aromatic carbocycles. The van der Waals surface area contributed by atoms with E-state index in [9.17, 15) is 13.6 Å². The first-order valence-electron chi connectivity index (χ1n) is 4.76. The van der Waals surface area contributed by atoms with Gasteiger partial charge in [0, 0.05) is 12.1 Å². The Morgan fingerprint density at radius 1 is 1.35 bits per heavy atom. The molecule has 0 bridgehead atoms. The number of benzene rings is 1.